The monoisotopic (exact) mass is 353 g/mol. The van der Waals surface area contributed by atoms with Gasteiger partial charge in [-0.15, -0.1) is 0 Å². The highest BCUT2D eigenvalue weighted by molar-refractivity contribution is 5.41. The number of hydrogen-bond donors (Lipinski definition) is 1. The van der Waals surface area contributed by atoms with Gasteiger partial charge in [-0.1, -0.05) is 0 Å². The lowest BCUT2D eigenvalue weighted by atomic mass is 9.99. The molecule has 0 saturated heterocycles. The van der Waals surface area contributed by atoms with Gasteiger partial charge in [-0.05, 0) is 37.3 Å². The van der Waals surface area contributed by atoms with Crippen molar-refractivity contribution in [1.82, 2.24) is 14.9 Å². The number of benzene rings is 1. The smallest absolute Gasteiger partial charge is 0.127 e. The van der Waals surface area contributed by atoms with Gasteiger partial charge in [0.05, 0.1) is 26.2 Å². The standard InChI is InChI=1S/C20H23N3O3/c1-13-4-6-18(26-13)20-19-16(21-12-22-19)8-9-23(20)11-14-10-15(24-2)5-7-17(14)25-3/h4-7,10,12,20H,8-9,11H2,1-3H3,(H,21,22). The molecule has 0 aliphatic carbocycles. The molecule has 1 aliphatic heterocycles. The quantitative estimate of drug-likeness (QED) is 0.761. The van der Waals surface area contributed by atoms with E-state index in [1.807, 2.05) is 37.3 Å². The van der Waals surface area contributed by atoms with E-state index in [0.29, 0.717) is 0 Å². The fourth-order valence-electron chi connectivity index (χ4n) is 3.63. The summed E-state index contributed by atoms with van der Waals surface area (Å²) in [6.45, 7) is 3.59. The van der Waals surface area contributed by atoms with E-state index in [4.69, 9.17) is 13.9 Å². The third kappa shape index (κ3) is 2.97. The van der Waals surface area contributed by atoms with Gasteiger partial charge in [0, 0.05) is 30.8 Å². The van der Waals surface area contributed by atoms with Crippen molar-refractivity contribution in [3.63, 3.8) is 0 Å². The second kappa shape index (κ2) is 6.88. The first kappa shape index (κ1) is 16.7. The second-order valence-corrected chi connectivity index (χ2v) is 6.52. The van der Waals surface area contributed by atoms with Crippen molar-refractivity contribution in [1.29, 1.82) is 0 Å². The summed E-state index contributed by atoms with van der Waals surface area (Å²) < 4.78 is 16.9. The number of aromatic amines is 1. The molecule has 6 heteroatoms. The van der Waals surface area contributed by atoms with Crippen LogP contribution in [0.15, 0.2) is 41.1 Å². The van der Waals surface area contributed by atoms with Crippen LogP contribution in [0.1, 0.15) is 34.5 Å². The SMILES string of the molecule is COc1ccc(OC)c(CN2CCc3[nH]cnc3C2c2ccc(C)o2)c1. The van der Waals surface area contributed by atoms with Crippen molar-refractivity contribution in [2.45, 2.75) is 25.9 Å². The molecule has 6 nitrogen and oxygen atoms in total. The Balaban J connectivity index is 1.71. The number of nitrogens with zero attached hydrogens (tertiary/aromatic N) is 2. The number of aromatic nitrogens is 2. The van der Waals surface area contributed by atoms with E-state index in [0.717, 1.165) is 53.8 Å². The first-order chi connectivity index (χ1) is 12.7. The molecule has 1 unspecified atom stereocenters. The number of H-pyrrole nitrogens is 1. The van der Waals surface area contributed by atoms with Crippen LogP contribution in [0.5, 0.6) is 11.5 Å². The molecule has 1 N–H and O–H groups in total. The molecular weight excluding hydrogens is 330 g/mol. The molecule has 0 spiro atoms. The summed E-state index contributed by atoms with van der Waals surface area (Å²) in [5, 5.41) is 0. The van der Waals surface area contributed by atoms with E-state index in [2.05, 4.69) is 14.9 Å². The Labute approximate surface area is 152 Å². The van der Waals surface area contributed by atoms with Gasteiger partial charge < -0.3 is 18.9 Å². The van der Waals surface area contributed by atoms with Crippen LogP contribution < -0.4 is 9.47 Å². The molecule has 0 saturated carbocycles. The maximum absolute atomic E-state index is 5.97. The number of ether oxygens (including phenoxy) is 2. The predicted octanol–water partition coefficient (Wildman–Crippen LogP) is 3.48. The van der Waals surface area contributed by atoms with Crippen molar-refractivity contribution >= 4 is 0 Å². The van der Waals surface area contributed by atoms with Crippen molar-refractivity contribution in [2.24, 2.45) is 0 Å². The van der Waals surface area contributed by atoms with Gasteiger partial charge in [0.1, 0.15) is 29.1 Å². The molecule has 2 aromatic heterocycles. The Morgan fingerprint density at radius 3 is 2.85 bits per heavy atom. The summed E-state index contributed by atoms with van der Waals surface area (Å²) in [6.07, 6.45) is 2.70. The zero-order valence-corrected chi connectivity index (χ0v) is 15.3. The Morgan fingerprint density at radius 1 is 1.23 bits per heavy atom. The minimum absolute atomic E-state index is 0.0189. The summed E-state index contributed by atoms with van der Waals surface area (Å²) >= 11 is 0. The molecule has 4 rings (SSSR count). The third-order valence-corrected chi connectivity index (χ3v) is 4.92. The number of fused-ring (bicyclic) bond motifs is 1. The highest BCUT2D eigenvalue weighted by Gasteiger charge is 2.33. The van der Waals surface area contributed by atoms with Crippen LogP contribution in [-0.4, -0.2) is 35.6 Å². The number of nitrogens with one attached hydrogen (secondary N) is 1. The van der Waals surface area contributed by atoms with Gasteiger partial charge in [-0.3, -0.25) is 4.90 Å². The van der Waals surface area contributed by atoms with Crippen LogP contribution in [0, 0.1) is 6.92 Å². The van der Waals surface area contributed by atoms with Crippen LogP contribution in [-0.2, 0) is 13.0 Å². The van der Waals surface area contributed by atoms with Crippen LogP contribution >= 0.6 is 0 Å². The number of imidazole rings is 1. The maximum Gasteiger partial charge on any atom is 0.127 e. The zero-order valence-electron chi connectivity index (χ0n) is 15.3. The van der Waals surface area contributed by atoms with E-state index in [1.165, 1.54) is 5.69 Å². The van der Waals surface area contributed by atoms with Crippen LogP contribution in [0.2, 0.25) is 0 Å². The summed E-state index contributed by atoms with van der Waals surface area (Å²) in [7, 11) is 3.37. The fraction of sp³-hybridized carbons (Fsp3) is 0.350. The Kier molecular flexibility index (Phi) is 4.42. The van der Waals surface area contributed by atoms with Gasteiger partial charge in [0.25, 0.3) is 0 Å². The molecule has 0 radical (unpaired) electrons. The molecule has 1 aromatic carbocycles. The summed E-state index contributed by atoms with van der Waals surface area (Å²) in [6, 6.07) is 9.92. The fourth-order valence-corrected chi connectivity index (χ4v) is 3.63. The number of aryl methyl sites for hydroxylation is 1. The van der Waals surface area contributed by atoms with Crippen molar-refractivity contribution in [3.8, 4) is 11.5 Å². The average molecular weight is 353 g/mol. The first-order valence-corrected chi connectivity index (χ1v) is 8.73. The van der Waals surface area contributed by atoms with Crippen LogP contribution in [0.25, 0.3) is 0 Å². The lowest BCUT2D eigenvalue weighted by Gasteiger charge is -2.34. The van der Waals surface area contributed by atoms with E-state index in [-0.39, 0.29) is 6.04 Å². The first-order valence-electron chi connectivity index (χ1n) is 8.73. The summed E-state index contributed by atoms with van der Waals surface area (Å²) in [4.78, 5) is 10.2. The zero-order chi connectivity index (χ0) is 18.1. The second-order valence-electron chi connectivity index (χ2n) is 6.52. The minimum atomic E-state index is -0.0189. The van der Waals surface area contributed by atoms with Crippen LogP contribution in [0.3, 0.4) is 0 Å². The number of hydrogen-bond acceptors (Lipinski definition) is 5. The maximum atomic E-state index is 5.97. The molecular formula is C20H23N3O3. The van der Waals surface area contributed by atoms with E-state index in [1.54, 1.807) is 20.5 Å². The average Bonchev–Trinajstić information content (AvgIpc) is 3.30. The molecule has 1 aliphatic rings. The van der Waals surface area contributed by atoms with E-state index < -0.39 is 0 Å². The Bertz CT molecular complexity index is 899. The highest BCUT2D eigenvalue weighted by atomic mass is 16.5. The molecule has 3 aromatic rings. The summed E-state index contributed by atoms with van der Waals surface area (Å²) in [5.41, 5.74) is 3.30. The van der Waals surface area contributed by atoms with Crippen molar-refractivity contribution in [3.05, 3.63) is 65.1 Å². The molecule has 0 fully saturated rings. The largest absolute Gasteiger partial charge is 0.497 e. The van der Waals surface area contributed by atoms with Crippen LogP contribution in [0.4, 0.5) is 0 Å². The van der Waals surface area contributed by atoms with E-state index >= 15 is 0 Å². The van der Waals surface area contributed by atoms with Gasteiger partial charge in [0.2, 0.25) is 0 Å². The minimum Gasteiger partial charge on any atom is -0.497 e. The topological polar surface area (TPSA) is 63.5 Å². The number of furan rings is 1. The lowest BCUT2D eigenvalue weighted by Crippen LogP contribution is -2.35. The Hall–Kier alpha value is -2.73. The number of rotatable bonds is 5. The van der Waals surface area contributed by atoms with Gasteiger partial charge >= 0.3 is 0 Å². The van der Waals surface area contributed by atoms with E-state index in [9.17, 15) is 0 Å². The van der Waals surface area contributed by atoms with Crippen molar-refractivity contribution in [2.75, 3.05) is 20.8 Å². The summed E-state index contributed by atoms with van der Waals surface area (Å²) in [5.74, 6) is 3.50. The molecule has 1 atom stereocenters. The Morgan fingerprint density at radius 2 is 2.12 bits per heavy atom. The number of methoxy groups -OCH3 is 2. The van der Waals surface area contributed by atoms with Crippen molar-refractivity contribution < 1.29 is 13.9 Å². The van der Waals surface area contributed by atoms with Gasteiger partial charge in [-0.2, -0.15) is 0 Å². The predicted molar refractivity (Wildman–Crippen MR) is 97.5 cm³/mol. The third-order valence-electron chi connectivity index (χ3n) is 4.92. The van der Waals surface area contributed by atoms with Gasteiger partial charge in [-0.25, -0.2) is 4.98 Å². The molecule has 136 valence electrons. The molecule has 26 heavy (non-hydrogen) atoms. The lowest BCUT2D eigenvalue weighted by molar-refractivity contribution is 0.176. The normalized spacial score (nSPS) is 17.1. The molecule has 3 heterocycles. The molecule has 0 bridgehead atoms. The molecule has 0 amide bonds. The van der Waals surface area contributed by atoms with Gasteiger partial charge in [0.15, 0.2) is 0 Å². The highest BCUT2D eigenvalue weighted by Crippen LogP contribution is 2.36.